The van der Waals surface area contributed by atoms with Crippen LogP contribution in [0.5, 0.6) is 5.75 Å². The molecule has 1 fully saturated rings. The molecule has 0 aromatic heterocycles. The van der Waals surface area contributed by atoms with Gasteiger partial charge in [0, 0.05) is 0 Å². The number of ether oxygens (including phenoxy) is 1. The number of amides is 1. The van der Waals surface area contributed by atoms with Crippen LogP contribution in [0.1, 0.15) is 11.6 Å². The Balaban J connectivity index is 0.00000120. The van der Waals surface area contributed by atoms with Crippen LogP contribution in [0.15, 0.2) is 36.4 Å². The molecule has 0 spiro atoms. The fourth-order valence-corrected chi connectivity index (χ4v) is 2.03. The van der Waals surface area contributed by atoms with Crippen molar-refractivity contribution in [2.75, 3.05) is 6.61 Å². The Morgan fingerprint density at radius 3 is 2.61 bits per heavy atom. The number of cyclic esters (lactones) is 1. The minimum Gasteiger partial charge on any atom is -0.508 e. The van der Waals surface area contributed by atoms with Gasteiger partial charge in [-0.25, -0.2) is 4.79 Å². The van der Waals surface area contributed by atoms with Crippen LogP contribution in [0.25, 0.3) is 10.8 Å². The molecule has 1 saturated heterocycles. The van der Waals surface area contributed by atoms with Crippen LogP contribution in [0.4, 0.5) is 4.79 Å². The number of fused-ring (bicyclic) bond motifs is 1. The number of hydrogen-bond acceptors (Lipinski definition) is 3. The molecule has 0 saturated carbocycles. The first-order valence-electron chi connectivity index (χ1n) is 5.38. The van der Waals surface area contributed by atoms with Crippen molar-refractivity contribution in [2.45, 2.75) is 6.04 Å². The van der Waals surface area contributed by atoms with Gasteiger partial charge in [-0.3, -0.25) is 0 Å². The number of halogens is 1. The molecule has 2 aromatic carbocycles. The van der Waals surface area contributed by atoms with Crippen molar-refractivity contribution in [1.82, 2.24) is 5.32 Å². The lowest BCUT2D eigenvalue weighted by atomic mass is 10.0. The third-order valence-corrected chi connectivity index (χ3v) is 2.92. The zero-order chi connectivity index (χ0) is 11.8. The number of carbonyl (C=O) groups is 1. The normalized spacial score (nSPS) is 18.0. The van der Waals surface area contributed by atoms with E-state index in [-0.39, 0.29) is 30.3 Å². The summed E-state index contributed by atoms with van der Waals surface area (Å²) in [5.41, 5.74) is 1.01. The molecule has 18 heavy (non-hydrogen) atoms. The number of alkyl carbamates (subject to hydrolysis) is 1. The standard InChI is InChI=1S/C13H11NO3.ClH/c15-11-4-3-8-5-10(2-1-9(8)6-11)12-7-17-13(16)14-12;/h1-6,12,15H,7H2,(H,14,16);1H/t12-;/m0./s1. The van der Waals surface area contributed by atoms with Gasteiger partial charge in [0.1, 0.15) is 12.4 Å². The predicted octanol–water partition coefficient (Wildman–Crippen LogP) is 2.75. The first-order valence-corrected chi connectivity index (χ1v) is 5.38. The fraction of sp³-hybridized carbons (Fsp3) is 0.154. The second-order valence-electron chi connectivity index (χ2n) is 4.09. The number of phenolic OH excluding ortho intramolecular Hbond substituents is 1. The number of nitrogens with one attached hydrogen (secondary N) is 1. The van der Waals surface area contributed by atoms with E-state index in [1.807, 2.05) is 24.3 Å². The minimum atomic E-state index is -0.374. The van der Waals surface area contributed by atoms with Crippen molar-refractivity contribution in [2.24, 2.45) is 0 Å². The van der Waals surface area contributed by atoms with Crippen molar-refractivity contribution in [1.29, 1.82) is 0 Å². The van der Waals surface area contributed by atoms with Crippen LogP contribution < -0.4 is 5.32 Å². The summed E-state index contributed by atoms with van der Waals surface area (Å²) < 4.78 is 4.86. The molecule has 1 aliphatic rings. The smallest absolute Gasteiger partial charge is 0.407 e. The highest BCUT2D eigenvalue weighted by Crippen LogP contribution is 2.25. The van der Waals surface area contributed by atoms with E-state index >= 15 is 0 Å². The Bertz CT molecular complexity index is 600. The number of aromatic hydroxyl groups is 1. The SMILES string of the molecule is Cl.O=C1N[C@H](c2ccc3cc(O)ccc3c2)CO1. The molecule has 0 radical (unpaired) electrons. The summed E-state index contributed by atoms with van der Waals surface area (Å²) in [4.78, 5) is 11.0. The Hall–Kier alpha value is -1.94. The van der Waals surface area contributed by atoms with Gasteiger partial charge in [-0.15, -0.1) is 12.4 Å². The van der Waals surface area contributed by atoms with Crippen molar-refractivity contribution in [3.8, 4) is 5.75 Å². The first kappa shape index (κ1) is 12.5. The summed E-state index contributed by atoms with van der Waals surface area (Å²) in [6, 6.07) is 11.0. The summed E-state index contributed by atoms with van der Waals surface area (Å²) >= 11 is 0. The number of carbonyl (C=O) groups excluding carboxylic acids is 1. The molecule has 1 atom stereocenters. The molecule has 3 rings (SSSR count). The maximum Gasteiger partial charge on any atom is 0.407 e. The van der Waals surface area contributed by atoms with Crippen molar-refractivity contribution >= 4 is 29.3 Å². The van der Waals surface area contributed by atoms with Crippen LogP contribution in [-0.2, 0) is 4.74 Å². The van der Waals surface area contributed by atoms with Crippen molar-refractivity contribution in [3.63, 3.8) is 0 Å². The summed E-state index contributed by atoms with van der Waals surface area (Å²) in [5.74, 6) is 0.253. The average Bonchev–Trinajstić information content (AvgIpc) is 2.75. The van der Waals surface area contributed by atoms with Crippen LogP contribution in [0, 0.1) is 0 Å². The Labute approximate surface area is 110 Å². The number of phenols is 1. The van der Waals surface area contributed by atoms with E-state index in [1.54, 1.807) is 12.1 Å². The van der Waals surface area contributed by atoms with E-state index in [4.69, 9.17) is 4.74 Å². The Kier molecular flexibility index (Phi) is 3.30. The molecule has 0 bridgehead atoms. The molecule has 4 nitrogen and oxygen atoms in total. The largest absolute Gasteiger partial charge is 0.508 e. The van der Waals surface area contributed by atoms with Gasteiger partial charge < -0.3 is 15.2 Å². The molecule has 0 aliphatic carbocycles. The lowest BCUT2D eigenvalue weighted by molar-refractivity contribution is 0.177. The zero-order valence-electron chi connectivity index (χ0n) is 9.42. The highest BCUT2D eigenvalue weighted by Gasteiger charge is 2.23. The lowest BCUT2D eigenvalue weighted by Crippen LogP contribution is -2.18. The third-order valence-electron chi connectivity index (χ3n) is 2.92. The molecule has 2 N–H and O–H groups in total. The summed E-state index contributed by atoms with van der Waals surface area (Å²) in [6.07, 6.45) is -0.374. The second kappa shape index (κ2) is 4.74. The number of benzene rings is 2. The quantitative estimate of drug-likeness (QED) is 0.834. The fourth-order valence-electron chi connectivity index (χ4n) is 2.03. The van der Waals surface area contributed by atoms with Gasteiger partial charge in [0.15, 0.2) is 0 Å². The maximum absolute atomic E-state index is 11.0. The third kappa shape index (κ3) is 2.19. The maximum atomic E-state index is 11.0. The molecule has 0 unspecified atom stereocenters. The van der Waals surface area contributed by atoms with Gasteiger partial charge in [0.25, 0.3) is 0 Å². The first-order chi connectivity index (χ1) is 8.22. The van der Waals surface area contributed by atoms with E-state index in [2.05, 4.69) is 5.32 Å². The lowest BCUT2D eigenvalue weighted by Gasteiger charge is -2.09. The highest BCUT2D eigenvalue weighted by atomic mass is 35.5. The monoisotopic (exact) mass is 265 g/mol. The highest BCUT2D eigenvalue weighted by molar-refractivity contribution is 5.85. The molecule has 2 aromatic rings. The summed E-state index contributed by atoms with van der Waals surface area (Å²) in [5, 5.41) is 14.1. The molecule has 1 aliphatic heterocycles. The molecular weight excluding hydrogens is 254 g/mol. The van der Waals surface area contributed by atoms with E-state index in [0.717, 1.165) is 16.3 Å². The van der Waals surface area contributed by atoms with Gasteiger partial charge in [-0.05, 0) is 34.5 Å². The van der Waals surface area contributed by atoms with Gasteiger partial charge >= 0.3 is 6.09 Å². The number of hydrogen-bond donors (Lipinski definition) is 2. The average molecular weight is 266 g/mol. The van der Waals surface area contributed by atoms with Crippen molar-refractivity contribution in [3.05, 3.63) is 42.0 Å². The van der Waals surface area contributed by atoms with Gasteiger partial charge in [-0.1, -0.05) is 18.2 Å². The molecule has 94 valence electrons. The zero-order valence-corrected chi connectivity index (χ0v) is 10.2. The van der Waals surface area contributed by atoms with Crippen LogP contribution in [0.2, 0.25) is 0 Å². The summed E-state index contributed by atoms with van der Waals surface area (Å²) in [6.45, 7) is 0.364. The van der Waals surface area contributed by atoms with Crippen LogP contribution in [0.3, 0.4) is 0 Å². The van der Waals surface area contributed by atoms with Crippen LogP contribution >= 0.6 is 12.4 Å². The van der Waals surface area contributed by atoms with E-state index in [1.165, 1.54) is 0 Å². The summed E-state index contributed by atoms with van der Waals surface area (Å²) in [7, 11) is 0. The van der Waals surface area contributed by atoms with E-state index in [9.17, 15) is 9.90 Å². The topological polar surface area (TPSA) is 58.6 Å². The van der Waals surface area contributed by atoms with E-state index < -0.39 is 0 Å². The van der Waals surface area contributed by atoms with Gasteiger partial charge in [-0.2, -0.15) is 0 Å². The Morgan fingerprint density at radius 2 is 1.89 bits per heavy atom. The minimum absolute atomic E-state index is 0. The van der Waals surface area contributed by atoms with Crippen molar-refractivity contribution < 1.29 is 14.6 Å². The molecular formula is C13H12ClNO3. The van der Waals surface area contributed by atoms with Gasteiger partial charge in [0.2, 0.25) is 0 Å². The second-order valence-corrected chi connectivity index (χ2v) is 4.09. The van der Waals surface area contributed by atoms with E-state index in [0.29, 0.717) is 6.61 Å². The van der Waals surface area contributed by atoms with Gasteiger partial charge in [0.05, 0.1) is 6.04 Å². The van der Waals surface area contributed by atoms with Crippen LogP contribution in [-0.4, -0.2) is 17.8 Å². The molecule has 1 heterocycles. The number of rotatable bonds is 1. The molecule has 5 heteroatoms. The Morgan fingerprint density at radius 1 is 1.17 bits per heavy atom. The predicted molar refractivity (Wildman–Crippen MR) is 70.1 cm³/mol. The molecule has 1 amide bonds.